The van der Waals surface area contributed by atoms with Crippen molar-refractivity contribution in [1.29, 1.82) is 5.26 Å². The number of carbonyl (C=O) groups is 1. The molecule has 1 heterocycles. The van der Waals surface area contributed by atoms with Crippen molar-refractivity contribution in [3.63, 3.8) is 0 Å². The molecule has 8 heteroatoms. The van der Waals surface area contributed by atoms with Crippen molar-refractivity contribution in [2.24, 2.45) is 5.73 Å². The summed E-state index contributed by atoms with van der Waals surface area (Å²) in [4.78, 5) is 12.6. The molecule has 8 nitrogen and oxygen atoms in total. The molecule has 2 rings (SSSR count). The predicted octanol–water partition coefficient (Wildman–Crippen LogP) is 2.36. The summed E-state index contributed by atoms with van der Waals surface area (Å²) in [7, 11) is 4.45. The number of rotatable bonds is 6. The van der Waals surface area contributed by atoms with Crippen LogP contribution < -0.4 is 19.9 Å². The lowest BCUT2D eigenvalue weighted by atomic mass is 9.83. The molecule has 1 aliphatic heterocycles. The third-order valence-corrected chi connectivity index (χ3v) is 4.12. The molecule has 2 N–H and O–H groups in total. The Morgan fingerprint density at radius 1 is 1.22 bits per heavy atom. The number of nitriles is 1. The van der Waals surface area contributed by atoms with Gasteiger partial charge in [0.05, 0.1) is 39.4 Å². The van der Waals surface area contributed by atoms with E-state index in [0.29, 0.717) is 22.8 Å². The number of esters is 1. The van der Waals surface area contributed by atoms with Crippen LogP contribution in [0.2, 0.25) is 0 Å². The van der Waals surface area contributed by atoms with Crippen molar-refractivity contribution in [3.8, 4) is 23.3 Å². The lowest BCUT2D eigenvalue weighted by molar-refractivity contribution is -0.139. The first kappa shape index (κ1) is 20.0. The molecule has 27 heavy (non-hydrogen) atoms. The summed E-state index contributed by atoms with van der Waals surface area (Å²) in [6.07, 6.45) is 0. The van der Waals surface area contributed by atoms with Crippen molar-refractivity contribution < 1.29 is 28.5 Å². The minimum Gasteiger partial charge on any atom is -0.493 e. The number of allylic oxidation sites excluding steroid dienone is 2. The molecule has 0 spiro atoms. The molecule has 0 aromatic heterocycles. The van der Waals surface area contributed by atoms with Gasteiger partial charge in [-0.05, 0) is 31.5 Å². The van der Waals surface area contributed by atoms with Gasteiger partial charge >= 0.3 is 5.97 Å². The molecule has 144 valence electrons. The van der Waals surface area contributed by atoms with Crippen molar-refractivity contribution in [1.82, 2.24) is 0 Å². The van der Waals surface area contributed by atoms with Crippen molar-refractivity contribution in [3.05, 3.63) is 40.5 Å². The molecule has 0 saturated heterocycles. The minimum absolute atomic E-state index is 0.0678. The largest absolute Gasteiger partial charge is 0.493 e. The first-order valence-electron chi connectivity index (χ1n) is 8.18. The van der Waals surface area contributed by atoms with E-state index < -0.39 is 11.9 Å². The summed E-state index contributed by atoms with van der Waals surface area (Å²) in [6.45, 7) is 3.47. The van der Waals surface area contributed by atoms with Crippen LogP contribution >= 0.6 is 0 Å². The Bertz CT molecular complexity index is 825. The van der Waals surface area contributed by atoms with E-state index in [2.05, 4.69) is 0 Å². The number of hydrogen-bond donors (Lipinski definition) is 1. The highest BCUT2D eigenvalue weighted by Gasteiger charge is 2.37. The maximum atomic E-state index is 12.6. The van der Waals surface area contributed by atoms with Gasteiger partial charge in [-0.2, -0.15) is 5.26 Å². The molecule has 1 aromatic carbocycles. The minimum atomic E-state index is -0.795. The Morgan fingerprint density at radius 3 is 2.26 bits per heavy atom. The van der Waals surface area contributed by atoms with Crippen molar-refractivity contribution in [2.75, 3.05) is 27.9 Å². The highest BCUT2D eigenvalue weighted by molar-refractivity contribution is 5.92. The van der Waals surface area contributed by atoms with Crippen LogP contribution in [0.4, 0.5) is 0 Å². The topological polar surface area (TPSA) is 113 Å². The van der Waals surface area contributed by atoms with E-state index in [0.717, 1.165) is 0 Å². The Morgan fingerprint density at radius 2 is 1.81 bits per heavy atom. The van der Waals surface area contributed by atoms with Gasteiger partial charge in [0.1, 0.15) is 17.4 Å². The Labute approximate surface area is 157 Å². The second-order valence-corrected chi connectivity index (χ2v) is 5.57. The Hall–Kier alpha value is -3.34. The zero-order valence-electron chi connectivity index (χ0n) is 15.9. The van der Waals surface area contributed by atoms with Gasteiger partial charge in [0.15, 0.2) is 11.5 Å². The molecule has 0 aliphatic carbocycles. The fourth-order valence-electron chi connectivity index (χ4n) is 2.96. The van der Waals surface area contributed by atoms with E-state index >= 15 is 0 Å². The molecule has 0 amide bonds. The number of ether oxygens (including phenoxy) is 5. The van der Waals surface area contributed by atoms with Crippen LogP contribution in [0.5, 0.6) is 17.2 Å². The quantitative estimate of drug-likeness (QED) is 0.755. The second-order valence-electron chi connectivity index (χ2n) is 5.57. The van der Waals surface area contributed by atoms with Crippen LogP contribution in [0, 0.1) is 11.3 Å². The summed E-state index contributed by atoms with van der Waals surface area (Å²) >= 11 is 0. The molecule has 1 unspecified atom stereocenters. The first-order valence-corrected chi connectivity index (χ1v) is 8.18. The monoisotopic (exact) mass is 374 g/mol. The van der Waals surface area contributed by atoms with Gasteiger partial charge in [0.2, 0.25) is 11.6 Å². The summed E-state index contributed by atoms with van der Waals surface area (Å²) in [5.74, 6) is -0.0224. The highest BCUT2D eigenvalue weighted by atomic mass is 16.5. The normalized spacial score (nSPS) is 16.4. The molecule has 1 aromatic rings. The van der Waals surface area contributed by atoms with Gasteiger partial charge in [-0.25, -0.2) is 4.79 Å². The summed E-state index contributed by atoms with van der Waals surface area (Å²) in [5.41, 5.74) is 6.74. The lowest BCUT2D eigenvalue weighted by Gasteiger charge is -2.27. The highest BCUT2D eigenvalue weighted by Crippen LogP contribution is 2.45. The fourth-order valence-corrected chi connectivity index (χ4v) is 2.96. The van der Waals surface area contributed by atoms with Crippen LogP contribution in [0.1, 0.15) is 25.3 Å². The number of benzene rings is 1. The molecular formula is C19H22N2O6. The molecule has 1 aliphatic rings. The van der Waals surface area contributed by atoms with E-state index in [9.17, 15) is 10.1 Å². The van der Waals surface area contributed by atoms with E-state index in [1.807, 2.05) is 6.07 Å². The molecule has 0 saturated carbocycles. The smallest absolute Gasteiger partial charge is 0.338 e. The number of carbonyl (C=O) groups excluding carboxylic acids is 1. The summed E-state index contributed by atoms with van der Waals surface area (Å²) in [5, 5.41) is 9.63. The summed E-state index contributed by atoms with van der Waals surface area (Å²) in [6, 6.07) is 5.35. The van der Waals surface area contributed by atoms with E-state index in [4.69, 9.17) is 29.4 Å². The summed E-state index contributed by atoms with van der Waals surface area (Å²) < 4.78 is 26.6. The van der Waals surface area contributed by atoms with Crippen LogP contribution in [0.25, 0.3) is 0 Å². The van der Waals surface area contributed by atoms with Crippen LogP contribution in [0.3, 0.4) is 0 Å². The van der Waals surface area contributed by atoms with E-state index in [1.54, 1.807) is 26.0 Å². The van der Waals surface area contributed by atoms with Crippen LogP contribution in [-0.2, 0) is 14.3 Å². The second kappa shape index (κ2) is 8.36. The fraction of sp³-hybridized carbons (Fsp3) is 0.368. The standard InChI is InChI=1S/C19H22N2O6/c1-6-26-19(22)15-10(2)27-18(21)12(9-20)16(15)11-7-13(23-3)17(25-5)14(8-11)24-4/h7-8,16H,6,21H2,1-5H3. The molecule has 0 fully saturated rings. The average Bonchev–Trinajstić information content (AvgIpc) is 2.66. The number of hydrogen-bond acceptors (Lipinski definition) is 8. The molecule has 0 radical (unpaired) electrons. The SMILES string of the molecule is CCOC(=O)C1=C(C)OC(N)=C(C#N)C1c1cc(OC)c(OC)c(OC)c1. The Balaban J connectivity index is 2.75. The zero-order chi connectivity index (χ0) is 20.1. The van der Waals surface area contributed by atoms with E-state index in [1.165, 1.54) is 21.3 Å². The van der Waals surface area contributed by atoms with Crippen LogP contribution in [0.15, 0.2) is 34.9 Å². The Kier molecular flexibility index (Phi) is 6.19. The maximum Gasteiger partial charge on any atom is 0.338 e. The number of methoxy groups -OCH3 is 3. The van der Waals surface area contributed by atoms with Gasteiger partial charge in [0.25, 0.3) is 0 Å². The van der Waals surface area contributed by atoms with Gasteiger partial charge in [-0.3, -0.25) is 0 Å². The van der Waals surface area contributed by atoms with Crippen molar-refractivity contribution in [2.45, 2.75) is 19.8 Å². The predicted molar refractivity (Wildman–Crippen MR) is 96.1 cm³/mol. The van der Waals surface area contributed by atoms with E-state index in [-0.39, 0.29) is 29.4 Å². The third-order valence-electron chi connectivity index (χ3n) is 4.12. The average molecular weight is 374 g/mol. The number of nitrogens with zero attached hydrogens (tertiary/aromatic N) is 1. The van der Waals surface area contributed by atoms with Crippen LogP contribution in [-0.4, -0.2) is 33.9 Å². The van der Waals surface area contributed by atoms with Gasteiger partial charge in [0, 0.05) is 0 Å². The van der Waals surface area contributed by atoms with Gasteiger partial charge < -0.3 is 29.4 Å². The van der Waals surface area contributed by atoms with Crippen molar-refractivity contribution >= 4 is 5.97 Å². The van der Waals surface area contributed by atoms with Gasteiger partial charge in [-0.1, -0.05) is 0 Å². The molecular weight excluding hydrogens is 352 g/mol. The molecule has 0 bridgehead atoms. The third kappa shape index (κ3) is 3.62. The zero-order valence-corrected chi connectivity index (χ0v) is 15.9. The lowest BCUT2D eigenvalue weighted by Crippen LogP contribution is -2.25. The first-order chi connectivity index (χ1) is 12.9. The molecule has 1 atom stereocenters. The van der Waals surface area contributed by atoms with Gasteiger partial charge in [-0.15, -0.1) is 0 Å². The number of nitrogens with two attached hydrogens (primary N) is 1. The maximum absolute atomic E-state index is 12.6.